The molecule has 0 atom stereocenters. The molecule has 8 heteroatoms. The number of pyridine rings is 2. The third-order valence-electron chi connectivity index (χ3n) is 6.18. The van der Waals surface area contributed by atoms with Gasteiger partial charge in [0.15, 0.2) is 0 Å². The van der Waals surface area contributed by atoms with Gasteiger partial charge >= 0.3 is 0 Å². The lowest BCUT2D eigenvalue weighted by atomic mass is 9.92. The van der Waals surface area contributed by atoms with E-state index in [2.05, 4.69) is 30.6 Å². The van der Waals surface area contributed by atoms with E-state index in [0.29, 0.717) is 44.8 Å². The van der Waals surface area contributed by atoms with Gasteiger partial charge in [-0.2, -0.15) is 5.26 Å². The van der Waals surface area contributed by atoms with Crippen molar-refractivity contribution in [3.8, 4) is 18.2 Å². The molecular formula is C30H10N8. The highest BCUT2D eigenvalue weighted by Crippen LogP contribution is 2.54. The molecule has 0 N–H and O–H groups in total. The minimum Gasteiger partial charge on any atom is -0.258 e. The Morgan fingerprint density at radius 2 is 1.21 bits per heavy atom. The number of benzene rings is 1. The summed E-state index contributed by atoms with van der Waals surface area (Å²) >= 11 is 0. The largest absolute Gasteiger partial charge is 0.270 e. The first-order valence-corrected chi connectivity index (χ1v) is 11.0. The molecule has 170 valence electrons. The lowest BCUT2D eigenvalue weighted by Gasteiger charge is -2.12. The summed E-state index contributed by atoms with van der Waals surface area (Å²) < 4.78 is 0. The van der Waals surface area contributed by atoms with Gasteiger partial charge in [-0.1, -0.05) is 18.2 Å². The normalized spacial score (nSPS) is 15.6. The van der Waals surface area contributed by atoms with Gasteiger partial charge in [-0.3, -0.25) is 9.97 Å². The van der Waals surface area contributed by atoms with E-state index in [0.717, 1.165) is 0 Å². The summed E-state index contributed by atoms with van der Waals surface area (Å²) in [5.41, 5.74) is 3.65. The smallest absolute Gasteiger partial charge is 0.258 e. The first-order valence-electron chi connectivity index (χ1n) is 11.0. The van der Waals surface area contributed by atoms with Crippen LogP contribution >= 0.6 is 0 Å². The Morgan fingerprint density at radius 1 is 0.684 bits per heavy atom. The number of aromatic nitrogens is 2. The average molecular weight is 482 g/mol. The van der Waals surface area contributed by atoms with Crippen molar-refractivity contribution in [2.24, 2.45) is 0 Å². The van der Waals surface area contributed by atoms with E-state index in [9.17, 15) is 15.8 Å². The zero-order chi connectivity index (χ0) is 26.8. The van der Waals surface area contributed by atoms with Gasteiger partial charge in [-0.15, -0.1) is 0 Å². The Balaban J connectivity index is 1.95. The van der Waals surface area contributed by atoms with E-state index in [1.54, 1.807) is 60.9 Å². The Kier molecular flexibility index (Phi) is 5.63. The number of rotatable bonds is 2. The predicted octanol–water partition coefficient (Wildman–Crippen LogP) is 6.03. The molecule has 0 spiro atoms. The summed E-state index contributed by atoms with van der Waals surface area (Å²) in [6, 6.07) is 19.7. The molecule has 0 aliphatic heterocycles. The third-order valence-corrected chi connectivity index (χ3v) is 6.18. The molecule has 5 rings (SSSR count). The van der Waals surface area contributed by atoms with Crippen LogP contribution in [0.4, 0.5) is 0 Å². The van der Waals surface area contributed by atoms with Crippen LogP contribution in [0.15, 0.2) is 72.3 Å². The Morgan fingerprint density at radius 3 is 1.68 bits per heavy atom. The minimum atomic E-state index is -0.227. The van der Waals surface area contributed by atoms with Gasteiger partial charge in [0.2, 0.25) is 5.70 Å². The van der Waals surface area contributed by atoms with Crippen molar-refractivity contribution in [2.45, 2.75) is 0 Å². The number of allylic oxidation sites excluding steroid dienone is 7. The molecule has 2 aliphatic carbocycles. The highest BCUT2D eigenvalue weighted by Gasteiger charge is 2.37. The molecule has 0 bridgehead atoms. The fraction of sp³-hybridized carbons (Fsp3) is 0. The summed E-state index contributed by atoms with van der Waals surface area (Å²) in [4.78, 5) is 19.3. The van der Waals surface area contributed by atoms with Gasteiger partial charge in [0.25, 0.3) is 11.4 Å². The van der Waals surface area contributed by atoms with Gasteiger partial charge in [0.1, 0.15) is 6.07 Å². The molecule has 2 heterocycles. The van der Waals surface area contributed by atoms with Crippen LogP contribution in [0, 0.1) is 53.7 Å². The quantitative estimate of drug-likeness (QED) is 0.327. The van der Waals surface area contributed by atoms with Gasteiger partial charge in [-0.25, -0.2) is 25.1 Å². The van der Waals surface area contributed by atoms with Crippen LogP contribution in [0.1, 0.15) is 33.6 Å². The molecular weight excluding hydrogens is 472 g/mol. The van der Waals surface area contributed by atoms with Gasteiger partial charge in [0.05, 0.1) is 48.8 Å². The molecule has 0 unspecified atom stereocenters. The van der Waals surface area contributed by atoms with Crippen molar-refractivity contribution in [3.63, 3.8) is 0 Å². The molecule has 8 nitrogen and oxygen atoms in total. The predicted molar refractivity (Wildman–Crippen MR) is 139 cm³/mol. The maximum absolute atomic E-state index is 10.2. The van der Waals surface area contributed by atoms with E-state index >= 15 is 0 Å². The maximum atomic E-state index is 10.2. The Labute approximate surface area is 217 Å². The van der Waals surface area contributed by atoms with E-state index in [-0.39, 0.29) is 33.8 Å². The highest BCUT2D eigenvalue weighted by molar-refractivity contribution is 6.28. The molecule has 0 saturated heterocycles. The molecule has 2 aliphatic rings. The number of nitrogens with zero attached hydrogens (tertiary/aromatic N) is 8. The Hall–Kier alpha value is -6.58. The number of hydrogen-bond acceptors (Lipinski definition) is 5. The summed E-state index contributed by atoms with van der Waals surface area (Å²) in [7, 11) is 0. The SMILES string of the molecule is [C-]#[N+]C1=C(c2ccccn2)/C(=C(/C#N)[N+]#[C-])c2cc3c(cc21)C(C#N)=C(c1ccccn1)/C3=C(\C#N)[N+]#[C-]. The summed E-state index contributed by atoms with van der Waals surface area (Å²) in [5.74, 6) is 0. The van der Waals surface area contributed by atoms with Crippen LogP contribution in [-0.4, -0.2) is 9.97 Å². The second-order valence-electron chi connectivity index (χ2n) is 7.96. The fourth-order valence-corrected chi connectivity index (χ4v) is 4.72. The van der Waals surface area contributed by atoms with Crippen LogP contribution in [0.3, 0.4) is 0 Å². The van der Waals surface area contributed by atoms with E-state index in [1.165, 1.54) is 0 Å². The van der Waals surface area contributed by atoms with Crippen molar-refractivity contribution < 1.29 is 0 Å². The topological polar surface area (TPSA) is 110 Å². The maximum Gasteiger partial charge on any atom is 0.270 e. The zero-order valence-electron chi connectivity index (χ0n) is 19.4. The van der Waals surface area contributed by atoms with Crippen LogP contribution in [0.25, 0.3) is 48.1 Å². The summed E-state index contributed by atoms with van der Waals surface area (Å²) in [5, 5.41) is 29.9. The lowest BCUT2D eigenvalue weighted by molar-refractivity contribution is 1.28. The number of nitriles is 3. The molecule has 0 amide bonds. The molecule has 1 aromatic carbocycles. The molecule has 0 radical (unpaired) electrons. The van der Waals surface area contributed by atoms with Crippen molar-refractivity contribution in [2.75, 3.05) is 0 Å². The van der Waals surface area contributed by atoms with E-state index in [4.69, 9.17) is 19.7 Å². The first kappa shape index (κ1) is 23.2. The third kappa shape index (κ3) is 3.26. The van der Waals surface area contributed by atoms with Crippen molar-refractivity contribution in [1.82, 2.24) is 9.97 Å². The van der Waals surface area contributed by atoms with Gasteiger partial charge in [0, 0.05) is 29.1 Å². The Bertz CT molecular complexity index is 1780. The van der Waals surface area contributed by atoms with Crippen molar-refractivity contribution in [3.05, 3.63) is 140 Å². The number of fused-ring (bicyclic) bond motifs is 2. The van der Waals surface area contributed by atoms with Gasteiger partial charge < -0.3 is 0 Å². The van der Waals surface area contributed by atoms with E-state index in [1.807, 2.05) is 12.1 Å². The second kappa shape index (κ2) is 9.23. The lowest BCUT2D eigenvalue weighted by Crippen LogP contribution is -1.95. The van der Waals surface area contributed by atoms with Crippen LogP contribution in [0.2, 0.25) is 0 Å². The molecule has 3 aromatic rings. The monoisotopic (exact) mass is 482 g/mol. The molecule has 38 heavy (non-hydrogen) atoms. The molecule has 2 aromatic heterocycles. The average Bonchev–Trinajstić information content (AvgIpc) is 3.46. The van der Waals surface area contributed by atoms with Crippen LogP contribution in [0.5, 0.6) is 0 Å². The van der Waals surface area contributed by atoms with Crippen LogP contribution < -0.4 is 0 Å². The first-order chi connectivity index (χ1) is 18.6. The standard InChI is InChI=1S/C30H10N8/c1-34-24(15-32)26-18-13-19-20(12-17(18)21(14-31)28(26)22-8-4-6-10-37-22)30(36-3)29(23-9-5-7-11-38-23)27(19)25(16-33)35-2/h4-13H/b26-24+,27-25-. The van der Waals surface area contributed by atoms with Crippen molar-refractivity contribution >= 4 is 33.6 Å². The van der Waals surface area contributed by atoms with E-state index < -0.39 is 0 Å². The van der Waals surface area contributed by atoms with Crippen molar-refractivity contribution in [1.29, 1.82) is 15.8 Å². The van der Waals surface area contributed by atoms with Gasteiger partial charge in [-0.05, 0) is 58.2 Å². The molecule has 0 fully saturated rings. The zero-order valence-corrected chi connectivity index (χ0v) is 19.4. The fourth-order valence-electron chi connectivity index (χ4n) is 4.72. The molecule has 0 saturated carbocycles. The highest BCUT2D eigenvalue weighted by atomic mass is 14.8. The minimum absolute atomic E-state index is 0.188. The summed E-state index contributed by atoms with van der Waals surface area (Å²) in [6.07, 6.45) is 3.11. The number of hydrogen-bond donors (Lipinski definition) is 0. The second-order valence-corrected chi connectivity index (χ2v) is 7.96. The summed E-state index contributed by atoms with van der Waals surface area (Å²) in [6.45, 7) is 23.2. The van der Waals surface area contributed by atoms with Crippen LogP contribution in [-0.2, 0) is 0 Å².